The third-order valence-corrected chi connectivity index (χ3v) is 5.07. The maximum Gasteiger partial charge on any atom is 0.265 e. The molecule has 0 unspecified atom stereocenters. The number of aryl methyl sites for hydroxylation is 1. The van der Waals surface area contributed by atoms with E-state index in [1.165, 1.54) is 18.5 Å². The summed E-state index contributed by atoms with van der Waals surface area (Å²) in [5.41, 5.74) is 1.14. The molecule has 1 fully saturated rings. The monoisotopic (exact) mass is 346 g/mol. The lowest BCUT2D eigenvalue weighted by atomic mass is 9.87. The van der Waals surface area contributed by atoms with E-state index in [-0.39, 0.29) is 5.41 Å². The van der Waals surface area contributed by atoms with E-state index in [1.807, 2.05) is 19.6 Å². The zero-order valence-electron chi connectivity index (χ0n) is 16.2. The highest BCUT2D eigenvalue weighted by Gasteiger charge is 2.34. The molecule has 0 aliphatic carbocycles. The standard InChI is InChI=1S/C18H30N6O/c1-18(2,3)16-20-17(21-25-16)23(5)11-13-8-7-9-22(4)15(13)14-10-19-12-24(14)6/h10,12-13,15H,7-9,11H2,1-6H3/t13-,15+/m0/s1. The van der Waals surface area contributed by atoms with Crippen molar-refractivity contribution in [2.24, 2.45) is 13.0 Å². The van der Waals surface area contributed by atoms with Gasteiger partial charge in [-0.25, -0.2) is 4.98 Å². The zero-order chi connectivity index (χ0) is 18.2. The number of piperidine rings is 1. The van der Waals surface area contributed by atoms with E-state index in [4.69, 9.17) is 4.52 Å². The maximum atomic E-state index is 5.45. The normalized spacial score (nSPS) is 22.3. The van der Waals surface area contributed by atoms with Crippen LogP contribution in [0.5, 0.6) is 0 Å². The molecule has 0 saturated carbocycles. The molecule has 0 aromatic carbocycles. The highest BCUT2D eigenvalue weighted by molar-refractivity contribution is 5.27. The first-order chi connectivity index (χ1) is 11.8. The van der Waals surface area contributed by atoms with Crippen LogP contribution < -0.4 is 4.90 Å². The molecule has 0 amide bonds. The molecule has 0 spiro atoms. The molecule has 1 saturated heterocycles. The Bertz CT molecular complexity index is 700. The second-order valence-electron chi connectivity index (χ2n) is 8.29. The largest absolute Gasteiger partial charge is 0.341 e. The number of nitrogens with zero attached hydrogens (tertiary/aromatic N) is 6. The number of hydrogen-bond donors (Lipinski definition) is 0. The first-order valence-corrected chi connectivity index (χ1v) is 8.99. The molecule has 0 N–H and O–H groups in total. The zero-order valence-corrected chi connectivity index (χ0v) is 16.2. The first kappa shape index (κ1) is 17.9. The summed E-state index contributed by atoms with van der Waals surface area (Å²) in [5, 5.41) is 4.18. The Morgan fingerprint density at radius 1 is 1.32 bits per heavy atom. The Hall–Kier alpha value is -1.89. The summed E-state index contributed by atoms with van der Waals surface area (Å²) in [6.45, 7) is 8.26. The molecule has 1 aliphatic heterocycles. The van der Waals surface area contributed by atoms with Crippen molar-refractivity contribution in [2.45, 2.75) is 45.1 Å². The average Bonchev–Trinajstić information content (AvgIpc) is 3.16. The van der Waals surface area contributed by atoms with Crippen LogP contribution in [0.2, 0.25) is 0 Å². The quantitative estimate of drug-likeness (QED) is 0.848. The van der Waals surface area contributed by atoms with Crippen LogP contribution in [-0.2, 0) is 12.5 Å². The van der Waals surface area contributed by atoms with Gasteiger partial charge in [0.05, 0.1) is 18.1 Å². The van der Waals surface area contributed by atoms with Crippen molar-refractivity contribution in [3.63, 3.8) is 0 Å². The maximum absolute atomic E-state index is 5.45. The number of anilines is 1. The molecule has 2 aromatic heterocycles. The predicted molar refractivity (Wildman–Crippen MR) is 97.6 cm³/mol. The van der Waals surface area contributed by atoms with Crippen LogP contribution in [0.3, 0.4) is 0 Å². The number of rotatable bonds is 4. The van der Waals surface area contributed by atoms with Crippen LogP contribution in [0.4, 0.5) is 5.95 Å². The van der Waals surface area contributed by atoms with E-state index in [1.54, 1.807) is 0 Å². The van der Waals surface area contributed by atoms with Crippen LogP contribution in [0.1, 0.15) is 51.2 Å². The van der Waals surface area contributed by atoms with Gasteiger partial charge in [0.15, 0.2) is 0 Å². The SMILES string of the molecule is CN(C[C@@H]1CCCN(C)[C@H]1c1cncn1C)c1noc(C(C)(C)C)n1. The number of hydrogen-bond acceptors (Lipinski definition) is 6. The van der Waals surface area contributed by atoms with E-state index in [2.05, 4.69) is 64.4 Å². The predicted octanol–water partition coefficient (Wildman–Crippen LogP) is 2.62. The molecule has 7 nitrogen and oxygen atoms in total. The van der Waals surface area contributed by atoms with Crippen molar-refractivity contribution < 1.29 is 4.52 Å². The Balaban J connectivity index is 1.77. The molecule has 138 valence electrons. The lowest BCUT2D eigenvalue weighted by Gasteiger charge is -2.40. The lowest BCUT2D eigenvalue weighted by Crippen LogP contribution is -2.42. The molecule has 1 aliphatic rings. The van der Waals surface area contributed by atoms with Gasteiger partial charge >= 0.3 is 0 Å². The van der Waals surface area contributed by atoms with Gasteiger partial charge in [0, 0.05) is 32.3 Å². The van der Waals surface area contributed by atoms with Crippen molar-refractivity contribution in [2.75, 3.05) is 32.1 Å². The number of imidazole rings is 1. The highest BCUT2D eigenvalue weighted by Crippen LogP contribution is 2.35. The van der Waals surface area contributed by atoms with Crippen molar-refractivity contribution in [3.8, 4) is 0 Å². The Morgan fingerprint density at radius 2 is 2.08 bits per heavy atom. The van der Waals surface area contributed by atoms with Gasteiger partial charge in [0.25, 0.3) is 5.95 Å². The number of aromatic nitrogens is 4. The fourth-order valence-corrected chi connectivity index (χ4v) is 3.68. The van der Waals surface area contributed by atoms with E-state index in [9.17, 15) is 0 Å². The summed E-state index contributed by atoms with van der Waals surface area (Å²) in [6.07, 6.45) is 6.27. The van der Waals surface area contributed by atoms with Crippen LogP contribution >= 0.6 is 0 Å². The molecule has 3 rings (SSSR count). The average molecular weight is 346 g/mol. The van der Waals surface area contributed by atoms with Crippen molar-refractivity contribution in [1.82, 2.24) is 24.6 Å². The lowest BCUT2D eigenvalue weighted by molar-refractivity contribution is 0.118. The summed E-state index contributed by atoms with van der Waals surface area (Å²) in [4.78, 5) is 13.5. The van der Waals surface area contributed by atoms with Crippen LogP contribution in [0, 0.1) is 5.92 Å². The van der Waals surface area contributed by atoms with E-state index in [0.717, 1.165) is 13.1 Å². The minimum atomic E-state index is -0.131. The summed E-state index contributed by atoms with van der Waals surface area (Å²) >= 11 is 0. The van der Waals surface area contributed by atoms with Crippen molar-refractivity contribution in [1.29, 1.82) is 0 Å². The van der Waals surface area contributed by atoms with Crippen molar-refractivity contribution in [3.05, 3.63) is 24.1 Å². The van der Waals surface area contributed by atoms with Gasteiger partial charge in [-0.05, 0) is 37.5 Å². The summed E-state index contributed by atoms with van der Waals surface area (Å²) in [5.74, 6) is 1.84. The Morgan fingerprint density at radius 3 is 2.68 bits per heavy atom. The molecular weight excluding hydrogens is 316 g/mol. The molecule has 7 heteroatoms. The van der Waals surface area contributed by atoms with Crippen LogP contribution in [0.25, 0.3) is 0 Å². The summed E-state index contributed by atoms with van der Waals surface area (Å²) in [6, 6.07) is 0.359. The van der Waals surface area contributed by atoms with Gasteiger partial charge < -0.3 is 14.0 Å². The van der Waals surface area contributed by atoms with Gasteiger partial charge in [-0.1, -0.05) is 20.8 Å². The minimum Gasteiger partial charge on any atom is -0.341 e. The molecule has 0 radical (unpaired) electrons. The Labute approximate surface area is 150 Å². The van der Waals surface area contributed by atoms with Gasteiger partial charge in [0.2, 0.25) is 5.89 Å². The van der Waals surface area contributed by atoms with E-state index >= 15 is 0 Å². The minimum absolute atomic E-state index is 0.131. The third kappa shape index (κ3) is 3.71. The molecule has 3 heterocycles. The van der Waals surface area contributed by atoms with Gasteiger partial charge in [0.1, 0.15) is 0 Å². The summed E-state index contributed by atoms with van der Waals surface area (Å²) in [7, 11) is 6.32. The molecule has 2 aromatic rings. The van der Waals surface area contributed by atoms with Crippen molar-refractivity contribution >= 4 is 5.95 Å². The second kappa shape index (κ2) is 6.78. The van der Waals surface area contributed by atoms with E-state index in [0.29, 0.717) is 23.8 Å². The van der Waals surface area contributed by atoms with Gasteiger partial charge in [-0.3, -0.25) is 4.90 Å². The van der Waals surface area contributed by atoms with Crippen LogP contribution in [0.15, 0.2) is 17.0 Å². The van der Waals surface area contributed by atoms with Crippen LogP contribution in [-0.4, -0.2) is 51.8 Å². The summed E-state index contributed by atoms with van der Waals surface area (Å²) < 4.78 is 7.58. The molecular formula is C18H30N6O. The molecule has 0 bridgehead atoms. The second-order valence-corrected chi connectivity index (χ2v) is 8.29. The van der Waals surface area contributed by atoms with Gasteiger partial charge in [-0.15, -0.1) is 0 Å². The third-order valence-electron chi connectivity index (χ3n) is 5.07. The topological polar surface area (TPSA) is 63.2 Å². The van der Waals surface area contributed by atoms with Gasteiger partial charge in [-0.2, -0.15) is 4.98 Å². The molecule has 2 atom stereocenters. The fraction of sp³-hybridized carbons (Fsp3) is 0.722. The van der Waals surface area contributed by atoms with E-state index < -0.39 is 0 Å². The fourth-order valence-electron chi connectivity index (χ4n) is 3.68. The Kier molecular flexibility index (Phi) is 4.86. The molecule has 25 heavy (non-hydrogen) atoms. The highest BCUT2D eigenvalue weighted by atomic mass is 16.5. The smallest absolute Gasteiger partial charge is 0.265 e. The number of likely N-dealkylation sites (tertiary alicyclic amines) is 1. The first-order valence-electron chi connectivity index (χ1n) is 8.99.